The van der Waals surface area contributed by atoms with Crippen LogP contribution >= 0.6 is 0 Å². The summed E-state index contributed by atoms with van der Waals surface area (Å²) in [5.74, 6) is 0.678. The average Bonchev–Trinajstić information content (AvgIpc) is 2.46. The third kappa shape index (κ3) is 1.17. The lowest BCUT2D eigenvalue weighted by molar-refractivity contribution is 0.598. The zero-order valence-corrected chi connectivity index (χ0v) is 7.38. The van der Waals surface area contributed by atoms with Crippen LogP contribution in [0.3, 0.4) is 0 Å². The van der Waals surface area contributed by atoms with Crippen LogP contribution in [0.5, 0.6) is 0 Å². The molecule has 1 aromatic heterocycles. The summed E-state index contributed by atoms with van der Waals surface area (Å²) in [6, 6.07) is 0. The molecule has 2 heteroatoms. The lowest BCUT2D eigenvalue weighted by atomic mass is 9.96. The van der Waals surface area contributed by atoms with Crippen LogP contribution in [0.4, 0.5) is 0 Å². The van der Waals surface area contributed by atoms with Gasteiger partial charge in [0.25, 0.3) is 0 Å². The number of rotatable bonds is 1. The Morgan fingerprint density at radius 1 is 1.67 bits per heavy atom. The summed E-state index contributed by atoms with van der Waals surface area (Å²) < 4.78 is 0. The van der Waals surface area contributed by atoms with Crippen molar-refractivity contribution >= 4 is 6.08 Å². The molecule has 1 aromatic rings. The van der Waals surface area contributed by atoms with Crippen molar-refractivity contribution in [2.75, 3.05) is 0 Å². The predicted molar refractivity (Wildman–Crippen MR) is 49.9 cm³/mol. The number of allylic oxidation sites excluding steroid dienone is 1. The maximum atomic E-state index is 4.07. The van der Waals surface area contributed by atoms with E-state index < -0.39 is 0 Å². The smallest absolute Gasteiger partial charge is 0.0562 e. The molecule has 0 aromatic carbocycles. The van der Waals surface area contributed by atoms with Gasteiger partial charge in [-0.3, -0.25) is 5.10 Å². The molecule has 1 N–H and O–H groups in total. The van der Waals surface area contributed by atoms with Gasteiger partial charge in [0.15, 0.2) is 0 Å². The van der Waals surface area contributed by atoms with Crippen molar-refractivity contribution in [2.45, 2.75) is 32.1 Å². The molecular weight excluding hydrogens is 148 g/mol. The summed E-state index contributed by atoms with van der Waals surface area (Å²) in [5, 5.41) is 7.16. The van der Waals surface area contributed by atoms with Gasteiger partial charge in [-0.25, -0.2) is 0 Å². The summed E-state index contributed by atoms with van der Waals surface area (Å²) in [7, 11) is 0. The van der Waals surface area contributed by atoms with Gasteiger partial charge in [0, 0.05) is 17.2 Å². The largest absolute Gasteiger partial charge is 0.282 e. The number of hydrogen-bond donors (Lipinski definition) is 1. The highest BCUT2D eigenvalue weighted by atomic mass is 15.1. The maximum Gasteiger partial charge on any atom is 0.0562 e. The quantitative estimate of drug-likeness (QED) is 0.675. The van der Waals surface area contributed by atoms with Crippen LogP contribution in [0.15, 0.2) is 12.3 Å². The SMILES string of the molecule is CCC1CCC=Cc2cn[nH]c21. The second-order valence-corrected chi connectivity index (χ2v) is 3.32. The highest BCUT2D eigenvalue weighted by Crippen LogP contribution is 2.29. The molecule has 0 fully saturated rings. The Balaban J connectivity index is 2.37. The Morgan fingerprint density at radius 2 is 2.58 bits per heavy atom. The van der Waals surface area contributed by atoms with Crippen LogP contribution in [-0.4, -0.2) is 10.2 Å². The van der Waals surface area contributed by atoms with Gasteiger partial charge in [0.2, 0.25) is 0 Å². The Labute approximate surface area is 72.7 Å². The van der Waals surface area contributed by atoms with Crippen molar-refractivity contribution in [2.24, 2.45) is 0 Å². The van der Waals surface area contributed by atoms with Crippen molar-refractivity contribution in [1.29, 1.82) is 0 Å². The van der Waals surface area contributed by atoms with Gasteiger partial charge in [-0.1, -0.05) is 19.1 Å². The van der Waals surface area contributed by atoms with Gasteiger partial charge >= 0.3 is 0 Å². The molecule has 2 rings (SSSR count). The monoisotopic (exact) mass is 162 g/mol. The molecule has 1 heterocycles. The molecule has 0 bridgehead atoms. The molecule has 1 unspecified atom stereocenters. The lowest BCUT2D eigenvalue weighted by Crippen LogP contribution is -1.97. The average molecular weight is 162 g/mol. The molecule has 1 aliphatic carbocycles. The van der Waals surface area contributed by atoms with Crippen LogP contribution in [-0.2, 0) is 0 Å². The molecule has 64 valence electrons. The summed E-state index contributed by atoms with van der Waals surface area (Å²) in [6.07, 6.45) is 9.98. The molecule has 0 spiro atoms. The second kappa shape index (κ2) is 3.13. The fraction of sp³-hybridized carbons (Fsp3) is 0.500. The molecule has 0 aliphatic heterocycles. The van der Waals surface area contributed by atoms with Crippen LogP contribution in [0.2, 0.25) is 0 Å². The minimum absolute atomic E-state index is 0.678. The van der Waals surface area contributed by atoms with E-state index in [1.807, 2.05) is 6.20 Å². The summed E-state index contributed by atoms with van der Waals surface area (Å²) >= 11 is 0. The van der Waals surface area contributed by atoms with Crippen molar-refractivity contribution in [3.8, 4) is 0 Å². The van der Waals surface area contributed by atoms with Crippen LogP contribution in [0, 0.1) is 0 Å². The molecular formula is C10H14N2. The third-order valence-corrected chi connectivity index (χ3v) is 2.58. The summed E-state index contributed by atoms with van der Waals surface area (Å²) in [6.45, 7) is 2.24. The van der Waals surface area contributed by atoms with Gasteiger partial charge in [-0.2, -0.15) is 5.10 Å². The first-order valence-corrected chi connectivity index (χ1v) is 4.61. The van der Waals surface area contributed by atoms with E-state index in [1.165, 1.54) is 30.5 Å². The van der Waals surface area contributed by atoms with Gasteiger partial charge in [0.1, 0.15) is 0 Å². The van der Waals surface area contributed by atoms with E-state index in [-0.39, 0.29) is 0 Å². The first kappa shape index (κ1) is 7.59. The molecule has 0 amide bonds. The first-order valence-electron chi connectivity index (χ1n) is 4.61. The normalized spacial score (nSPS) is 21.9. The van der Waals surface area contributed by atoms with Crippen LogP contribution in [0.1, 0.15) is 43.4 Å². The number of hydrogen-bond acceptors (Lipinski definition) is 1. The highest BCUT2D eigenvalue weighted by molar-refractivity contribution is 5.52. The predicted octanol–water partition coefficient (Wildman–Crippen LogP) is 2.71. The molecule has 0 radical (unpaired) electrons. The molecule has 0 saturated heterocycles. The number of fused-ring (bicyclic) bond motifs is 1. The highest BCUT2D eigenvalue weighted by Gasteiger charge is 2.15. The fourth-order valence-corrected chi connectivity index (χ4v) is 1.83. The number of H-pyrrole nitrogens is 1. The minimum Gasteiger partial charge on any atom is -0.282 e. The Morgan fingerprint density at radius 3 is 3.42 bits per heavy atom. The van der Waals surface area contributed by atoms with Crippen LogP contribution < -0.4 is 0 Å². The number of aromatic amines is 1. The second-order valence-electron chi connectivity index (χ2n) is 3.32. The van der Waals surface area contributed by atoms with E-state index in [9.17, 15) is 0 Å². The maximum absolute atomic E-state index is 4.07. The fourth-order valence-electron chi connectivity index (χ4n) is 1.83. The third-order valence-electron chi connectivity index (χ3n) is 2.58. The van der Waals surface area contributed by atoms with Gasteiger partial charge in [0.05, 0.1) is 6.20 Å². The number of aromatic nitrogens is 2. The Kier molecular flexibility index (Phi) is 1.98. The van der Waals surface area contributed by atoms with Crippen molar-refractivity contribution in [3.63, 3.8) is 0 Å². The molecule has 1 aliphatic rings. The van der Waals surface area contributed by atoms with Gasteiger partial charge < -0.3 is 0 Å². The van der Waals surface area contributed by atoms with Crippen molar-refractivity contribution in [3.05, 3.63) is 23.5 Å². The van der Waals surface area contributed by atoms with E-state index in [4.69, 9.17) is 0 Å². The van der Waals surface area contributed by atoms with E-state index in [2.05, 4.69) is 29.3 Å². The standard InChI is InChI=1S/C10H14N2/c1-2-8-5-3-4-6-9-7-11-12-10(8)9/h4,6-8H,2-3,5H2,1H3,(H,11,12). The molecule has 1 atom stereocenters. The Bertz CT molecular complexity index is 286. The van der Waals surface area contributed by atoms with Crippen molar-refractivity contribution in [1.82, 2.24) is 10.2 Å². The Hall–Kier alpha value is -1.05. The number of nitrogens with zero attached hydrogens (tertiary/aromatic N) is 1. The van der Waals surface area contributed by atoms with E-state index in [1.54, 1.807) is 0 Å². The topological polar surface area (TPSA) is 28.7 Å². The minimum atomic E-state index is 0.678. The summed E-state index contributed by atoms with van der Waals surface area (Å²) in [5.41, 5.74) is 2.60. The summed E-state index contributed by atoms with van der Waals surface area (Å²) in [4.78, 5) is 0. The van der Waals surface area contributed by atoms with Gasteiger partial charge in [-0.05, 0) is 19.3 Å². The molecule has 12 heavy (non-hydrogen) atoms. The van der Waals surface area contributed by atoms with Crippen molar-refractivity contribution < 1.29 is 0 Å². The zero-order chi connectivity index (χ0) is 8.39. The lowest BCUT2D eigenvalue weighted by Gasteiger charge is -2.10. The first-order chi connectivity index (χ1) is 5.92. The zero-order valence-electron chi connectivity index (χ0n) is 7.38. The molecule has 0 saturated carbocycles. The van der Waals surface area contributed by atoms with E-state index in [0.717, 1.165) is 0 Å². The number of nitrogens with one attached hydrogen (secondary N) is 1. The van der Waals surface area contributed by atoms with Crippen LogP contribution in [0.25, 0.3) is 6.08 Å². The van der Waals surface area contributed by atoms with E-state index in [0.29, 0.717) is 5.92 Å². The van der Waals surface area contributed by atoms with Gasteiger partial charge in [-0.15, -0.1) is 0 Å². The van der Waals surface area contributed by atoms with E-state index >= 15 is 0 Å². The molecule has 2 nitrogen and oxygen atoms in total.